The van der Waals surface area contributed by atoms with Crippen molar-refractivity contribution >= 4 is 0 Å². The molecule has 2 saturated carbocycles. The highest BCUT2D eigenvalue weighted by Crippen LogP contribution is 2.44. The summed E-state index contributed by atoms with van der Waals surface area (Å²) in [5.74, 6) is 6.54. The molecule has 3 aliphatic carbocycles. The Bertz CT molecular complexity index is 567. The molecule has 2 atom stereocenters. The van der Waals surface area contributed by atoms with Crippen LogP contribution in [-0.2, 0) is 4.74 Å². The van der Waals surface area contributed by atoms with Crippen molar-refractivity contribution in [1.82, 2.24) is 0 Å². The number of allylic oxidation sites excluding steroid dienone is 5. The van der Waals surface area contributed by atoms with E-state index in [1.54, 1.807) is 0 Å². The minimum Gasteiger partial charge on any atom is -0.498 e. The summed E-state index contributed by atoms with van der Waals surface area (Å²) in [4.78, 5) is 0. The molecule has 0 amide bonds. The second-order valence-electron chi connectivity index (χ2n) is 10.5. The van der Waals surface area contributed by atoms with Crippen LogP contribution in [0.1, 0.15) is 98.3 Å². The third kappa shape index (κ3) is 7.04. The third-order valence-corrected chi connectivity index (χ3v) is 8.34. The van der Waals surface area contributed by atoms with Crippen molar-refractivity contribution in [1.29, 1.82) is 0 Å². The molecule has 0 spiro atoms. The van der Waals surface area contributed by atoms with Crippen LogP contribution < -0.4 is 0 Å². The first-order valence-corrected chi connectivity index (χ1v) is 12.7. The van der Waals surface area contributed by atoms with Gasteiger partial charge in [-0.2, -0.15) is 0 Å². The second kappa shape index (κ2) is 11.4. The van der Waals surface area contributed by atoms with E-state index in [0.717, 1.165) is 48.4 Å². The van der Waals surface area contributed by atoms with Crippen LogP contribution in [0.5, 0.6) is 0 Å². The summed E-state index contributed by atoms with van der Waals surface area (Å²) in [6.07, 6.45) is 25.1. The lowest BCUT2D eigenvalue weighted by atomic mass is 9.66. The van der Waals surface area contributed by atoms with E-state index in [0.29, 0.717) is 5.92 Å². The van der Waals surface area contributed by atoms with Crippen LogP contribution in [0.15, 0.2) is 35.6 Å². The van der Waals surface area contributed by atoms with Crippen molar-refractivity contribution in [2.45, 2.75) is 98.3 Å². The van der Waals surface area contributed by atoms with Crippen LogP contribution in [0.3, 0.4) is 0 Å². The van der Waals surface area contributed by atoms with Crippen molar-refractivity contribution in [3.05, 3.63) is 35.6 Å². The zero-order chi connectivity index (χ0) is 20.6. The summed E-state index contributed by atoms with van der Waals surface area (Å²) in [7, 11) is 0. The molecule has 0 radical (unpaired) electrons. The van der Waals surface area contributed by atoms with Crippen molar-refractivity contribution in [2.24, 2.45) is 35.5 Å². The van der Waals surface area contributed by atoms with E-state index < -0.39 is 0 Å². The lowest BCUT2D eigenvalue weighted by Gasteiger charge is -2.39. The van der Waals surface area contributed by atoms with Gasteiger partial charge >= 0.3 is 0 Å². The number of rotatable bonds is 7. The monoisotopic (exact) mass is 398 g/mol. The normalized spacial score (nSPS) is 36.8. The average Bonchev–Trinajstić information content (AvgIpc) is 2.77. The summed E-state index contributed by atoms with van der Waals surface area (Å²) < 4.78 is 6.01. The fourth-order valence-corrected chi connectivity index (χ4v) is 5.90. The molecule has 1 heteroatoms. The maximum Gasteiger partial charge on any atom is 0.0939 e. The van der Waals surface area contributed by atoms with Gasteiger partial charge < -0.3 is 4.74 Å². The summed E-state index contributed by atoms with van der Waals surface area (Å²) in [6, 6.07) is 0. The standard InChI is InChI=1S/C28H46O/c1-5-21(2)6-9-23(4)29-20-24-10-14-26(15-11-24)28-18-16-27(17-19-28)25-12-7-22(3)8-13-25/h6,9-10,14,22,24-28H,5,7-8,11-13,15-20H2,1-4H3/b21-6-,23-9+. The maximum absolute atomic E-state index is 6.01. The summed E-state index contributed by atoms with van der Waals surface area (Å²) in [5.41, 5.74) is 1.40. The molecule has 164 valence electrons. The molecule has 0 aromatic rings. The topological polar surface area (TPSA) is 9.23 Å². The Kier molecular flexibility index (Phi) is 8.94. The van der Waals surface area contributed by atoms with E-state index in [9.17, 15) is 0 Å². The molecule has 0 heterocycles. The predicted molar refractivity (Wildman–Crippen MR) is 126 cm³/mol. The third-order valence-electron chi connectivity index (χ3n) is 8.34. The van der Waals surface area contributed by atoms with Gasteiger partial charge in [0.1, 0.15) is 0 Å². The molecule has 0 N–H and O–H groups in total. The summed E-state index contributed by atoms with van der Waals surface area (Å²) in [6.45, 7) is 9.75. The van der Waals surface area contributed by atoms with E-state index in [4.69, 9.17) is 4.74 Å². The molecule has 1 nitrogen and oxygen atoms in total. The fraction of sp³-hybridized carbons (Fsp3) is 0.786. The minimum absolute atomic E-state index is 0.603. The SMILES string of the molecule is CC/C(C)=C\C=C(/C)OCC1C=CC(C2CCC(C3CCC(C)CC3)CC2)CC1. The molecule has 29 heavy (non-hydrogen) atoms. The molecule has 3 rings (SSSR count). The van der Waals surface area contributed by atoms with Crippen LogP contribution in [0.4, 0.5) is 0 Å². The van der Waals surface area contributed by atoms with Crippen LogP contribution in [0.25, 0.3) is 0 Å². The lowest BCUT2D eigenvalue weighted by Crippen LogP contribution is -2.28. The van der Waals surface area contributed by atoms with E-state index in [2.05, 4.69) is 52.0 Å². The van der Waals surface area contributed by atoms with Gasteiger partial charge in [-0.15, -0.1) is 0 Å². The molecular weight excluding hydrogens is 352 g/mol. The Morgan fingerprint density at radius 3 is 2.00 bits per heavy atom. The van der Waals surface area contributed by atoms with Crippen molar-refractivity contribution in [3.8, 4) is 0 Å². The van der Waals surface area contributed by atoms with E-state index in [-0.39, 0.29) is 0 Å². The number of ether oxygens (including phenoxy) is 1. The van der Waals surface area contributed by atoms with Crippen LogP contribution >= 0.6 is 0 Å². The van der Waals surface area contributed by atoms with Gasteiger partial charge in [0.05, 0.1) is 12.4 Å². The summed E-state index contributed by atoms with van der Waals surface area (Å²) in [5, 5.41) is 0. The second-order valence-corrected chi connectivity index (χ2v) is 10.5. The van der Waals surface area contributed by atoms with Crippen LogP contribution in [0.2, 0.25) is 0 Å². The zero-order valence-corrected chi connectivity index (χ0v) is 19.7. The van der Waals surface area contributed by atoms with Gasteiger partial charge in [0.15, 0.2) is 0 Å². The molecule has 0 aromatic heterocycles. The number of hydrogen-bond donors (Lipinski definition) is 0. The van der Waals surface area contributed by atoms with Crippen molar-refractivity contribution in [2.75, 3.05) is 6.61 Å². The van der Waals surface area contributed by atoms with Gasteiger partial charge in [0.2, 0.25) is 0 Å². The maximum atomic E-state index is 6.01. The highest BCUT2D eigenvalue weighted by molar-refractivity contribution is 5.12. The van der Waals surface area contributed by atoms with E-state index >= 15 is 0 Å². The Hall–Kier alpha value is -0.980. The molecule has 0 aliphatic heterocycles. The van der Waals surface area contributed by atoms with Crippen molar-refractivity contribution < 1.29 is 4.74 Å². The minimum atomic E-state index is 0.603. The average molecular weight is 399 g/mol. The zero-order valence-electron chi connectivity index (χ0n) is 19.7. The number of hydrogen-bond acceptors (Lipinski definition) is 1. The van der Waals surface area contributed by atoms with Gasteiger partial charge in [-0.3, -0.25) is 0 Å². The lowest BCUT2D eigenvalue weighted by molar-refractivity contribution is 0.127. The fourth-order valence-electron chi connectivity index (χ4n) is 5.90. The molecule has 0 saturated heterocycles. The predicted octanol–water partition coefficient (Wildman–Crippen LogP) is 8.48. The Balaban J connectivity index is 1.38. The van der Waals surface area contributed by atoms with Crippen molar-refractivity contribution in [3.63, 3.8) is 0 Å². The first-order valence-electron chi connectivity index (χ1n) is 12.7. The molecule has 2 fully saturated rings. The van der Waals surface area contributed by atoms with Crippen LogP contribution in [-0.4, -0.2) is 6.61 Å². The highest BCUT2D eigenvalue weighted by Gasteiger charge is 2.32. The Morgan fingerprint density at radius 1 is 0.793 bits per heavy atom. The highest BCUT2D eigenvalue weighted by atomic mass is 16.5. The molecular formula is C28H46O. The van der Waals surface area contributed by atoms with Gasteiger partial charge in [-0.05, 0) is 107 Å². The van der Waals surface area contributed by atoms with Gasteiger partial charge in [-0.25, -0.2) is 0 Å². The molecule has 0 aromatic carbocycles. The van der Waals surface area contributed by atoms with Gasteiger partial charge in [-0.1, -0.05) is 50.5 Å². The molecule has 3 aliphatic rings. The van der Waals surface area contributed by atoms with Gasteiger partial charge in [0.25, 0.3) is 0 Å². The Morgan fingerprint density at radius 2 is 1.41 bits per heavy atom. The molecule has 2 unspecified atom stereocenters. The van der Waals surface area contributed by atoms with E-state index in [1.807, 2.05) is 0 Å². The summed E-state index contributed by atoms with van der Waals surface area (Å²) >= 11 is 0. The van der Waals surface area contributed by atoms with Crippen LogP contribution in [0, 0.1) is 35.5 Å². The first kappa shape index (κ1) is 22.7. The van der Waals surface area contributed by atoms with Gasteiger partial charge in [0, 0.05) is 5.92 Å². The first-order chi connectivity index (χ1) is 14.0. The quantitative estimate of drug-likeness (QED) is 0.237. The Labute approximate surface area is 181 Å². The molecule has 0 bridgehead atoms. The van der Waals surface area contributed by atoms with E-state index in [1.165, 1.54) is 69.8 Å². The largest absolute Gasteiger partial charge is 0.498 e. The smallest absolute Gasteiger partial charge is 0.0939 e.